The molecule has 6 heteroatoms. The van der Waals surface area contributed by atoms with E-state index < -0.39 is 39.9 Å². The normalized spacial score (nSPS) is 10.6. The number of benzene rings is 1. The lowest BCUT2D eigenvalue weighted by Gasteiger charge is -2.05. The van der Waals surface area contributed by atoms with Crippen molar-refractivity contribution in [2.45, 2.75) is 6.61 Å². The second kappa shape index (κ2) is 3.63. The number of hydrogen-bond acceptors (Lipinski definition) is 1. The van der Waals surface area contributed by atoms with Crippen LogP contribution in [0.2, 0.25) is 0 Å². The van der Waals surface area contributed by atoms with E-state index in [0.29, 0.717) is 0 Å². The maximum atomic E-state index is 12.7. The van der Waals surface area contributed by atoms with Crippen molar-refractivity contribution in [3.63, 3.8) is 0 Å². The maximum absolute atomic E-state index is 12.7. The molecule has 0 aliphatic heterocycles. The third-order valence-electron chi connectivity index (χ3n) is 1.46. The number of rotatable bonds is 1. The van der Waals surface area contributed by atoms with Crippen molar-refractivity contribution in [3.05, 3.63) is 33.3 Å². The van der Waals surface area contributed by atoms with Crippen molar-refractivity contribution < 1.29 is 22.7 Å². The average molecular weight is 259 g/mol. The Bertz CT molecular complexity index is 324. The fraction of sp³-hybridized carbons (Fsp3) is 0.143. The molecular formula is C7H3BrF4O. The van der Waals surface area contributed by atoms with E-state index in [1.54, 1.807) is 0 Å². The van der Waals surface area contributed by atoms with Crippen molar-refractivity contribution >= 4 is 15.9 Å². The van der Waals surface area contributed by atoms with E-state index in [1.807, 2.05) is 0 Å². The van der Waals surface area contributed by atoms with Crippen molar-refractivity contribution in [1.29, 1.82) is 0 Å². The largest absolute Gasteiger partial charge is 0.392 e. The first-order valence-corrected chi connectivity index (χ1v) is 3.91. The Morgan fingerprint density at radius 1 is 0.923 bits per heavy atom. The molecule has 0 saturated carbocycles. The first-order valence-electron chi connectivity index (χ1n) is 3.11. The zero-order valence-corrected chi connectivity index (χ0v) is 7.63. The van der Waals surface area contributed by atoms with Crippen LogP contribution >= 0.6 is 15.9 Å². The summed E-state index contributed by atoms with van der Waals surface area (Å²) in [4.78, 5) is 0. The lowest BCUT2D eigenvalue weighted by atomic mass is 10.2. The van der Waals surface area contributed by atoms with Crippen LogP contribution in [0.3, 0.4) is 0 Å². The number of aliphatic hydroxyl groups is 1. The van der Waals surface area contributed by atoms with Crippen LogP contribution in [0.15, 0.2) is 4.47 Å². The summed E-state index contributed by atoms with van der Waals surface area (Å²) in [6.45, 7) is -0.916. The minimum Gasteiger partial charge on any atom is -0.392 e. The summed E-state index contributed by atoms with van der Waals surface area (Å²) in [6.07, 6.45) is 0. The summed E-state index contributed by atoms with van der Waals surface area (Å²) in [7, 11) is 0. The van der Waals surface area contributed by atoms with Gasteiger partial charge in [-0.05, 0) is 15.9 Å². The highest BCUT2D eigenvalue weighted by molar-refractivity contribution is 9.10. The molecule has 0 heterocycles. The fourth-order valence-corrected chi connectivity index (χ4v) is 1.26. The lowest BCUT2D eigenvalue weighted by molar-refractivity contribution is 0.268. The topological polar surface area (TPSA) is 20.2 Å². The summed E-state index contributed by atoms with van der Waals surface area (Å²) < 4.78 is 49.8. The maximum Gasteiger partial charge on any atom is 0.198 e. The zero-order valence-electron chi connectivity index (χ0n) is 6.04. The summed E-state index contributed by atoms with van der Waals surface area (Å²) in [6, 6.07) is 0. The second-order valence-corrected chi connectivity index (χ2v) is 3.00. The highest BCUT2D eigenvalue weighted by atomic mass is 79.9. The van der Waals surface area contributed by atoms with Gasteiger partial charge in [-0.25, -0.2) is 17.6 Å². The number of hydrogen-bond donors (Lipinski definition) is 1. The molecule has 0 fully saturated rings. The van der Waals surface area contributed by atoms with Gasteiger partial charge in [0, 0.05) is 5.56 Å². The SMILES string of the molecule is OCc1c(F)c(F)c(F)c(F)c1Br. The summed E-state index contributed by atoms with van der Waals surface area (Å²) in [5, 5.41) is 8.51. The van der Waals surface area contributed by atoms with E-state index in [0.717, 1.165) is 0 Å². The predicted octanol–water partition coefficient (Wildman–Crippen LogP) is 2.50. The molecule has 0 amide bonds. The van der Waals surface area contributed by atoms with Gasteiger partial charge in [0.05, 0.1) is 11.1 Å². The Labute approximate surface area is 79.1 Å². The van der Waals surface area contributed by atoms with Gasteiger partial charge in [0.1, 0.15) is 0 Å². The van der Waals surface area contributed by atoms with Gasteiger partial charge in [0.15, 0.2) is 23.3 Å². The molecule has 1 aromatic carbocycles. The number of aliphatic hydroxyl groups excluding tert-OH is 1. The van der Waals surface area contributed by atoms with Crippen LogP contribution < -0.4 is 0 Å². The van der Waals surface area contributed by atoms with Crippen LogP contribution in [0, 0.1) is 23.3 Å². The molecule has 1 aromatic rings. The van der Waals surface area contributed by atoms with Gasteiger partial charge >= 0.3 is 0 Å². The van der Waals surface area contributed by atoms with E-state index in [4.69, 9.17) is 5.11 Å². The fourth-order valence-electron chi connectivity index (χ4n) is 0.789. The molecule has 0 aliphatic rings. The molecule has 1 N–H and O–H groups in total. The van der Waals surface area contributed by atoms with E-state index in [-0.39, 0.29) is 0 Å². The molecule has 0 saturated heterocycles. The van der Waals surface area contributed by atoms with Crippen LogP contribution in [0.25, 0.3) is 0 Å². The van der Waals surface area contributed by atoms with Gasteiger partial charge in [-0.1, -0.05) is 0 Å². The van der Waals surface area contributed by atoms with Gasteiger partial charge in [-0.2, -0.15) is 0 Å². The van der Waals surface area contributed by atoms with E-state index >= 15 is 0 Å². The highest BCUT2D eigenvalue weighted by Crippen LogP contribution is 2.28. The molecule has 0 aromatic heterocycles. The Kier molecular flexibility index (Phi) is 2.92. The first-order chi connectivity index (χ1) is 6.00. The Morgan fingerprint density at radius 2 is 1.38 bits per heavy atom. The Morgan fingerprint density at radius 3 is 1.85 bits per heavy atom. The van der Waals surface area contributed by atoms with Crippen LogP contribution in [0.5, 0.6) is 0 Å². The van der Waals surface area contributed by atoms with Crippen LogP contribution in [-0.2, 0) is 6.61 Å². The quantitative estimate of drug-likeness (QED) is 0.466. The van der Waals surface area contributed by atoms with E-state index in [1.165, 1.54) is 0 Å². The monoisotopic (exact) mass is 258 g/mol. The van der Waals surface area contributed by atoms with Crippen LogP contribution in [0.1, 0.15) is 5.56 Å². The van der Waals surface area contributed by atoms with Crippen molar-refractivity contribution in [1.82, 2.24) is 0 Å². The van der Waals surface area contributed by atoms with Crippen molar-refractivity contribution in [3.8, 4) is 0 Å². The molecular weight excluding hydrogens is 256 g/mol. The molecule has 0 unspecified atom stereocenters. The minimum atomic E-state index is -1.93. The van der Waals surface area contributed by atoms with E-state index in [2.05, 4.69) is 15.9 Å². The van der Waals surface area contributed by atoms with Crippen molar-refractivity contribution in [2.24, 2.45) is 0 Å². The van der Waals surface area contributed by atoms with Gasteiger partial charge < -0.3 is 5.11 Å². The molecule has 1 rings (SSSR count). The van der Waals surface area contributed by atoms with Gasteiger partial charge in [0.2, 0.25) is 0 Å². The lowest BCUT2D eigenvalue weighted by Crippen LogP contribution is -2.03. The van der Waals surface area contributed by atoms with Crippen LogP contribution in [-0.4, -0.2) is 5.11 Å². The number of halogens is 5. The molecule has 0 bridgehead atoms. The first kappa shape index (κ1) is 10.5. The molecule has 0 radical (unpaired) electrons. The molecule has 0 aliphatic carbocycles. The second-order valence-electron chi connectivity index (χ2n) is 2.21. The third-order valence-corrected chi connectivity index (χ3v) is 2.29. The Balaban J connectivity index is 3.56. The summed E-state index contributed by atoms with van der Waals surface area (Å²) >= 11 is 2.49. The standard InChI is InChI=1S/C7H3BrF4O/c8-3-2(1-13)4(9)6(11)7(12)5(3)10/h13H,1H2. The van der Waals surface area contributed by atoms with Gasteiger partial charge in [-0.15, -0.1) is 0 Å². The van der Waals surface area contributed by atoms with Crippen LogP contribution in [0.4, 0.5) is 17.6 Å². The predicted molar refractivity (Wildman–Crippen MR) is 39.9 cm³/mol. The molecule has 1 nitrogen and oxygen atoms in total. The highest BCUT2D eigenvalue weighted by Gasteiger charge is 2.22. The van der Waals surface area contributed by atoms with Gasteiger partial charge in [-0.3, -0.25) is 0 Å². The molecule has 0 spiro atoms. The molecule has 72 valence electrons. The minimum absolute atomic E-state index is 0.605. The van der Waals surface area contributed by atoms with Crippen molar-refractivity contribution in [2.75, 3.05) is 0 Å². The zero-order chi connectivity index (χ0) is 10.2. The molecule has 13 heavy (non-hydrogen) atoms. The van der Waals surface area contributed by atoms with E-state index in [9.17, 15) is 17.6 Å². The third kappa shape index (κ3) is 1.55. The average Bonchev–Trinajstić information content (AvgIpc) is 2.13. The summed E-state index contributed by atoms with van der Waals surface area (Å²) in [5.41, 5.74) is -0.642. The Hall–Kier alpha value is -0.620. The van der Waals surface area contributed by atoms with Gasteiger partial charge in [0.25, 0.3) is 0 Å². The summed E-state index contributed by atoms with van der Waals surface area (Å²) in [5.74, 6) is -6.97. The molecule has 0 atom stereocenters. The smallest absolute Gasteiger partial charge is 0.198 e.